The fourth-order valence-electron chi connectivity index (χ4n) is 1.20. The van der Waals surface area contributed by atoms with Gasteiger partial charge in [0.05, 0.1) is 0 Å². The second-order valence-electron chi connectivity index (χ2n) is 2.75. The largest absolute Gasteiger partial charge is 0.381 e. The molecule has 0 unspecified atom stereocenters. The molecule has 3 heteroatoms. The Labute approximate surface area is 71.8 Å². The monoisotopic (exact) mass is 165 g/mol. The van der Waals surface area contributed by atoms with Crippen LogP contribution >= 0.6 is 0 Å². The molecule has 64 valence electrons. The Bertz CT molecular complexity index is 227. The molecule has 3 nitrogen and oxygen atoms in total. The second kappa shape index (κ2) is 5.54. The van der Waals surface area contributed by atoms with E-state index in [9.17, 15) is 4.79 Å². The molecular weight excluding hydrogens is 154 g/mol. The third-order valence-corrected chi connectivity index (χ3v) is 1.91. The van der Waals surface area contributed by atoms with E-state index in [0.29, 0.717) is 5.92 Å². The zero-order valence-corrected chi connectivity index (χ0v) is 6.88. The van der Waals surface area contributed by atoms with Gasteiger partial charge in [-0.25, -0.2) is 4.79 Å². The van der Waals surface area contributed by atoms with E-state index in [4.69, 9.17) is 4.74 Å². The molecule has 0 aromatic heterocycles. The van der Waals surface area contributed by atoms with Crippen LogP contribution in [0.5, 0.6) is 0 Å². The molecule has 0 radical (unpaired) electrons. The Balaban J connectivity index is 2.22. The van der Waals surface area contributed by atoms with Crippen LogP contribution in [0.1, 0.15) is 19.3 Å². The van der Waals surface area contributed by atoms with E-state index >= 15 is 0 Å². The maximum absolute atomic E-state index is 9.64. The highest BCUT2D eigenvalue weighted by atomic mass is 16.5. The molecule has 1 fully saturated rings. The first kappa shape index (κ1) is 8.99. The Kier molecular flexibility index (Phi) is 4.15. The molecule has 0 bridgehead atoms. The lowest BCUT2D eigenvalue weighted by molar-refractivity contribution is 0.0678. The maximum atomic E-state index is 9.64. The lowest BCUT2D eigenvalue weighted by atomic mass is 9.97. The molecule has 0 aliphatic carbocycles. The summed E-state index contributed by atoms with van der Waals surface area (Å²) in [5.41, 5.74) is 0. The predicted octanol–water partition coefficient (Wildman–Crippen LogP) is 1.10. The lowest BCUT2D eigenvalue weighted by Gasteiger charge is -2.19. The number of aliphatic imine (C=N–C) groups is 1. The van der Waals surface area contributed by atoms with Crippen LogP contribution in [-0.4, -0.2) is 19.3 Å². The number of hydrogen-bond donors (Lipinski definition) is 0. The van der Waals surface area contributed by atoms with E-state index in [1.807, 2.05) is 0 Å². The van der Waals surface area contributed by atoms with Crippen LogP contribution in [0.3, 0.4) is 0 Å². The van der Waals surface area contributed by atoms with Crippen LogP contribution in [0.15, 0.2) is 4.99 Å². The molecule has 0 aromatic carbocycles. The smallest absolute Gasteiger partial charge is 0.249 e. The van der Waals surface area contributed by atoms with Crippen molar-refractivity contribution >= 4 is 6.08 Å². The molecular formula is C9H11NO2. The van der Waals surface area contributed by atoms with Crippen LogP contribution in [0, 0.1) is 17.9 Å². The number of hydrogen-bond acceptors (Lipinski definition) is 3. The summed E-state index contributed by atoms with van der Waals surface area (Å²) in [5.74, 6) is 3.44. The minimum Gasteiger partial charge on any atom is -0.381 e. The molecule has 0 amide bonds. The molecule has 1 rings (SSSR count). The van der Waals surface area contributed by atoms with Crippen molar-refractivity contribution in [1.29, 1.82) is 0 Å². The highest BCUT2D eigenvalue weighted by molar-refractivity contribution is 5.36. The molecule has 1 aliphatic heterocycles. The van der Waals surface area contributed by atoms with Crippen molar-refractivity contribution in [2.45, 2.75) is 19.3 Å². The van der Waals surface area contributed by atoms with Crippen molar-refractivity contribution in [2.75, 3.05) is 13.2 Å². The average Bonchev–Trinajstić information content (AvgIpc) is 2.14. The van der Waals surface area contributed by atoms with Crippen LogP contribution in [-0.2, 0) is 9.53 Å². The van der Waals surface area contributed by atoms with E-state index in [2.05, 4.69) is 17.0 Å². The van der Waals surface area contributed by atoms with E-state index < -0.39 is 0 Å². The zero-order chi connectivity index (χ0) is 8.65. The first-order valence-corrected chi connectivity index (χ1v) is 4.06. The summed E-state index contributed by atoms with van der Waals surface area (Å²) < 4.78 is 5.19. The molecule has 0 spiro atoms. The molecule has 0 atom stereocenters. The molecule has 1 heterocycles. The third kappa shape index (κ3) is 3.34. The molecule has 1 saturated heterocycles. The minimum atomic E-state index is 0.619. The van der Waals surface area contributed by atoms with Gasteiger partial charge in [-0.15, -0.1) is 4.99 Å². The summed E-state index contributed by atoms with van der Waals surface area (Å²) in [5, 5.41) is 0. The Hall–Kier alpha value is -1.10. The summed E-state index contributed by atoms with van der Waals surface area (Å²) in [6, 6.07) is 2.39. The standard InChI is InChI=1S/C9H11NO2/c11-8-10-5-1-2-9-3-6-12-7-4-9/h9H,2-4,6-7H2. The first-order chi connectivity index (χ1) is 5.93. The van der Waals surface area contributed by atoms with Crippen LogP contribution in [0.2, 0.25) is 0 Å². The molecule has 0 aromatic rings. The van der Waals surface area contributed by atoms with Crippen molar-refractivity contribution in [2.24, 2.45) is 10.9 Å². The Morgan fingerprint density at radius 1 is 1.42 bits per heavy atom. The van der Waals surface area contributed by atoms with Crippen molar-refractivity contribution in [1.82, 2.24) is 0 Å². The number of rotatable bonds is 1. The van der Waals surface area contributed by atoms with Crippen molar-refractivity contribution in [3.8, 4) is 12.0 Å². The predicted molar refractivity (Wildman–Crippen MR) is 44.1 cm³/mol. The maximum Gasteiger partial charge on any atom is 0.249 e. The number of nitrogens with zero attached hydrogens (tertiary/aromatic N) is 1. The summed E-state index contributed by atoms with van der Waals surface area (Å²) in [6.07, 6.45) is 4.33. The second-order valence-corrected chi connectivity index (χ2v) is 2.75. The number of isocyanates is 1. The summed E-state index contributed by atoms with van der Waals surface area (Å²) in [7, 11) is 0. The number of ether oxygens (including phenoxy) is 1. The van der Waals surface area contributed by atoms with Gasteiger partial charge in [0.2, 0.25) is 6.08 Å². The third-order valence-electron chi connectivity index (χ3n) is 1.91. The molecule has 1 aliphatic rings. The quantitative estimate of drug-likeness (QED) is 0.331. The minimum absolute atomic E-state index is 0.619. The Morgan fingerprint density at radius 2 is 2.17 bits per heavy atom. The van der Waals surface area contributed by atoms with Gasteiger partial charge in [-0.2, -0.15) is 0 Å². The molecule has 12 heavy (non-hydrogen) atoms. The summed E-state index contributed by atoms with van der Waals surface area (Å²) >= 11 is 0. The molecule has 0 N–H and O–H groups in total. The highest BCUT2D eigenvalue weighted by Gasteiger charge is 2.11. The number of carbonyl (C=O) groups excluding carboxylic acids is 1. The Morgan fingerprint density at radius 3 is 2.83 bits per heavy atom. The first-order valence-electron chi connectivity index (χ1n) is 4.06. The van der Waals surface area contributed by atoms with Gasteiger partial charge in [0, 0.05) is 25.7 Å². The summed E-state index contributed by atoms with van der Waals surface area (Å²) in [6.45, 7) is 1.67. The van der Waals surface area contributed by atoms with E-state index in [-0.39, 0.29) is 0 Å². The van der Waals surface area contributed by atoms with Gasteiger partial charge in [0.1, 0.15) is 0 Å². The van der Waals surface area contributed by atoms with E-state index in [0.717, 1.165) is 32.5 Å². The normalized spacial score (nSPS) is 17.3. The fourth-order valence-corrected chi connectivity index (χ4v) is 1.20. The van der Waals surface area contributed by atoms with Gasteiger partial charge >= 0.3 is 0 Å². The zero-order valence-electron chi connectivity index (χ0n) is 6.88. The topological polar surface area (TPSA) is 38.7 Å². The molecule has 0 saturated carbocycles. The highest BCUT2D eigenvalue weighted by Crippen LogP contribution is 2.17. The van der Waals surface area contributed by atoms with Crippen LogP contribution in [0.4, 0.5) is 0 Å². The van der Waals surface area contributed by atoms with Crippen molar-refractivity contribution < 1.29 is 9.53 Å². The van der Waals surface area contributed by atoms with Gasteiger partial charge in [-0.3, -0.25) is 0 Å². The fraction of sp³-hybridized carbons (Fsp3) is 0.667. The van der Waals surface area contributed by atoms with Crippen molar-refractivity contribution in [3.05, 3.63) is 0 Å². The average molecular weight is 165 g/mol. The van der Waals surface area contributed by atoms with Gasteiger partial charge in [0.15, 0.2) is 0 Å². The van der Waals surface area contributed by atoms with E-state index in [1.165, 1.54) is 6.08 Å². The lowest BCUT2D eigenvalue weighted by Crippen LogP contribution is -2.14. The van der Waals surface area contributed by atoms with Gasteiger partial charge in [-0.1, -0.05) is 5.92 Å². The SMILES string of the molecule is O=C=NC#CCC1CCOCC1. The van der Waals surface area contributed by atoms with Crippen LogP contribution < -0.4 is 0 Å². The van der Waals surface area contributed by atoms with Gasteiger partial charge in [0.25, 0.3) is 0 Å². The van der Waals surface area contributed by atoms with Crippen LogP contribution in [0.25, 0.3) is 0 Å². The van der Waals surface area contributed by atoms with Gasteiger partial charge in [-0.05, 0) is 18.8 Å². The van der Waals surface area contributed by atoms with Gasteiger partial charge < -0.3 is 4.74 Å². The summed E-state index contributed by atoms with van der Waals surface area (Å²) in [4.78, 5) is 12.8. The van der Waals surface area contributed by atoms with Crippen molar-refractivity contribution in [3.63, 3.8) is 0 Å². The van der Waals surface area contributed by atoms with E-state index in [1.54, 1.807) is 0 Å².